The van der Waals surface area contributed by atoms with Crippen LogP contribution in [0.3, 0.4) is 0 Å². The smallest absolute Gasteiger partial charge is 0.228 e. The van der Waals surface area contributed by atoms with Crippen molar-refractivity contribution < 1.29 is 9.21 Å². The molecule has 0 saturated carbocycles. The highest BCUT2D eigenvalue weighted by Crippen LogP contribution is 2.24. The van der Waals surface area contributed by atoms with E-state index in [1.54, 1.807) is 25.5 Å². The second-order valence-corrected chi connectivity index (χ2v) is 6.80. The summed E-state index contributed by atoms with van der Waals surface area (Å²) in [4.78, 5) is 27.6. The SMILES string of the molecule is Cc1ncc(-c2cc3cc(NC(=O)C4CCN(C)CC4)ncc3cn2)o1. The van der Waals surface area contributed by atoms with Crippen molar-refractivity contribution in [2.24, 2.45) is 5.92 Å². The number of rotatable bonds is 3. The van der Waals surface area contributed by atoms with Crippen LogP contribution in [0.15, 0.2) is 35.1 Å². The van der Waals surface area contributed by atoms with E-state index in [2.05, 4.69) is 32.2 Å². The van der Waals surface area contributed by atoms with Gasteiger partial charge in [-0.05, 0) is 50.5 Å². The average molecular weight is 351 g/mol. The van der Waals surface area contributed by atoms with Crippen LogP contribution in [0, 0.1) is 12.8 Å². The van der Waals surface area contributed by atoms with Crippen LogP contribution >= 0.6 is 0 Å². The summed E-state index contributed by atoms with van der Waals surface area (Å²) < 4.78 is 5.54. The van der Waals surface area contributed by atoms with Crippen molar-refractivity contribution in [2.45, 2.75) is 19.8 Å². The van der Waals surface area contributed by atoms with E-state index in [0.717, 1.165) is 36.7 Å². The van der Waals surface area contributed by atoms with E-state index in [1.165, 1.54) is 0 Å². The van der Waals surface area contributed by atoms with Crippen LogP contribution in [0.2, 0.25) is 0 Å². The Morgan fingerprint density at radius 1 is 1.12 bits per heavy atom. The molecule has 26 heavy (non-hydrogen) atoms. The maximum atomic E-state index is 12.5. The lowest BCUT2D eigenvalue weighted by molar-refractivity contribution is -0.121. The number of amides is 1. The molecule has 0 spiro atoms. The first-order valence-electron chi connectivity index (χ1n) is 8.76. The van der Waals surface area contributed by atoms with Crippen LogP contribution in [0.1, 0.15) is 18.7 Å². The first kappa shape index (κ1) is 16.7. The molecule has 1 amide bonds. The molecule has 4 heterocycles. The van der Waals surface area contributed by atoms with E-state index in [-0.39, 0.29) is 11.8 Å². The zero-order valence-corrected chi connectivity index (χ0v) is 14.9. The van der Waals surface area contributed by atoms with Crippen molar-refractivity contribution in [1.82, 2.24) is 19.9 Å². The number of fused-ring (bicyclic) bond motifs is 1. The van der Waals surface area contributed by atoms with Crippen LogP contribution < -0.4 is 5.32 Å². The minimum absolute atomic E-state index is 0.0464. The molecule has 1 aliphatic heterocycles. The van der Waals surface area contributed by atoms with Crippen LogP contribution in [-0.4, -0.2) is 45.9 Å². The molecule has 1 fully saturated rings. The third-order valence-corrected chi connectivity index (χ3v) is 4.82. The molecule has 1 saturated heterocycles. The molecule has 7 heteroatoms. The number of hydrogen-bond donors (Lipinski definition) is 1. The van der Waals surface area contributed by atoms with Gasteiger partial charge in [0.1, 0.15) is 11.5 Å². The second kappa shape index (κ2) is 6.84. The Kier molecular flexibility index (Phi) is 4.38. The normalized spacial score (nSPS) is 16.1. The van der Waals surface area contributed by atoms with Gasteiger partial charge >= 0.3 is 0 Å². The van der Waals surface area contributed by atoms with Crippen molar-refractivity contribution in [3.05, 3.63) is 36.6 Å². The van der Waals surface area contributed by atoms with Gasteiger partial charge < -0.3 is 14.6 Å². The summed E-state index contributed by atoms with van der Waals surface area (Å²) in [6.07, 6.45) is 6.90. The minimum atomic E-state index is 0.0464. The lowest BCUT2D eigenvalue weighted by Crippen LogP contribution is -2.36. The molecule has 0 atom stereocenters. The minimum Gasteiger partial charge on any atom is -0.439 e. The molecule has 7 nitrogen and oxygen atoms in total. The summed E-state index contributed by atoms with van der Waals surface area (Å²) in [5.74, 6) is 1.88. The van der Waals surface area contributed by atoms with Gasteiger partial charge in [0.25, 0.3) is 0 Å². The van der Waals surface area contributed by atoms with E-state index < -0.39 is 0 Å². The molecule has 134 valence electrons. The first-order valence-corrected chi connectivity index (χ1v) is 8.76. The molecular weight excluding hydrogens is 330 g/mol. The zero-order valence-electron chi connectivity index (χ0n) is 14.9. The number of aryl methyl sites for hydroxylation is 1. The topological polar surface area (TPSA) is 84.2 Å². The van der Waals surface area contributed by atoms with Crippen LogP contribution in [0.4, 0.5) is 5.82 Å². The first-order chi connectivity index (χ1) is 12.6. The maximum Gasteiger partial charge on any atom is 0.228 e. The van der Waals surface area contributed by atoms with Crippen molar-refractivity contribution in [3.8, 4) is 11.5 Å². The van der Waals surface area contributed by atoms with Gasteiger partial charge in [-0.3, -0.25) is 9.78 Å². The van der Waals surface area contributed by atoms with Gasteiger partial charge in [-0.1, -0.05) is 0 Å². The van der Waals surface area contributed by atoms with Gasteiger partial charge in [0.15, 0.2) is 11.7 Å². The maximum absolute atomic E-state index is 12.5. The van der Waals surface area contributed by atoms with E-state index in [1.807, 2.05) is 12.1 Å². The Morgan fingerprint density at radius 2 is 1.88 bits per heavy atom. The molecule has 4 rings (SSSR count). The number of hydrogen-bond acceptors (Lipinski definition) is 6. The summed E-state index contributed by atoms with van der Waals surface area (Å²) in [6.45, 7) is 3.70. The molecule has 3 aromatic heterocycles. The van der Waals surface area contributed by atoms with Crippen molar-refractivity contribution in [3.63, 3.8) is 0 Å². The molecular formula is C19H21N5O2. The molecule has 0 bridgehead atoms. The molecule has 3 aromatic rings. The van der Waals surface area contributed by atoms with Crippen LogP contribution in [-0.2, 0) is 4.79 Å². The number of carbonyl (C=O) groups is 1. The number of aromatic nitrogens is 3. The summed E-state index contributed by atoms with van der Waals surface area (Å²) >= 11 is 0. The summed E-state index contributed by atoms with van der Waals surface area (Å²) in [5.41, 5.74) is 0.705. The van der Waals surface area contributed by atoms with Crippen LogP contribution in [0.25, 0.3) is 22.2 Å². The number of anilines is 1. The lowest BCUT2D eigenvalue weighted by atomic mass is 9.96. The Hall–Kier alpha value is -2.80. The second-order valence-electron chi connectivity index (χ2n) is 6.80. The number of carbonyl (C=O) groups excluding carboxylic acids is 1. The lowest BCUT2D eigenvalue weighted by Gasteiger charge is -2.27. The predicted octanol–water partition coefficient (Wildman–Crippen LogP) is 2.87. The van der Waals surface area contributed by atoms with E-state index >= 15 is 0 Å². The third-order valence-electron chi connectivity index (χ3n) is 4.82. The number of oxazole rings is 1. The monoisotopic (exact) mass is 351 g/mol. The number of pyridine rings is 2. The quantitative estimate of drug-likeness (QED) is 0.781. The van der Waals surface area contributed by atoms with Crippen molar-refractivity contribution >= 4 is 22.5 Å². The molecule has 0 radical (unpaired) electrons. The van der Waals surface area contributed by atoms with Gasteiger partial charge in [0.05, 0.1) is 6.20 Å². The predicted molar refractivity (Wildman–Crippen MR) is 98.6 cm³/mol. The van der Waals surface area contributed by atoms with Gasteiger partial charge in [0, 0.05) is 30.6 Å². The fourth-order valence-electron chi connectivity index (χ4n) is 3.22. The summed E-state index contributed by atoms with van der Waals surface area (Å²) in [5, 5.41) is 4.80. The Labute approximate surface area is 151 Å². The third kappa shape index (κ3) is 3.43. The van der Waals surface area contributed by atoms with Gasteiger partial charge in [-0.15, -0.1) is 0 Å². The highest BCUT2D eigenvalue weighted by atomic mass is 16.4. The van der Waals surface area contributed by atoms with E-state index in [0.29, 0.717) is 23.2 Å². The highest BCUT2D eigenvalue weighted by molar-refractivity contribution is 5.94. The number of nitrogens with one attached hydrogen (secondary N) is 1. The standard InChI is InChI=1S/C19H21N5O2/c1-12-20-11-17(26-12)16-7-14-8-18(22-10-15(14)9-21-16)23-19(25)13-3-5-24(2)6-4-13/h7-11,13H,3-6H2,1-2H3,(H,22,23,25). The molecule has 1 N–H and O–H groups in total. The molecule has 1 aliphatic rings. The zero-order chi connectivity index (χ0) is 18.1. The van der Waals surface area contributed by atoms with Gasteiger partial charge in [-0.2, -0.15) is 0 Å². The average Bonchev–Trinajstić information content (AvgIpc) is 3.08. The largest absolute Gasteiger partial charge is 0.439 e. The fourth-order valence-corrected chi connectivity index (χ4v) is 3.22. The van der Waals surface area contributed by atoms with Crippen molar-refractivity contribution in [1.29, 1.82) is 0 Å². The fraction of sp³-hybridized carbons (Fsp3) is 0.368. The van der Waals surface area contributed by atoms with Gasteiger partial charge in [-0.25, -0.2) is 9.97 Å². The number of piperidine rings is 1. The van der Waals surface area contributed by atoms with E-state index in [4.69, 9.17) is 4.42 Å². The Morgan fingerprint density at radius 3 is 2.62 bits per heavy atom. The number of nitrogens with zero attached hydrogens (tertiary/aromatic N) is 4. The Bertz CT molecular complexity index is 944. The highest BCUT2D eigenvalue weighted by Gasteiger charge is 2.23. The Balaban J connectivity index is 1.55. The van der Waals surface area contributed by atoms with Crippen LogP contribution in [0.5, 0.6) is 0 Å². The molecule has 0 aliphatic carbocycles. The van der Waals surface area contributed by atoms with E-state index in [9.17, 15) is 4.79 Å². The van der Waals surface area contributed by atoms with Crippen molar-refractivity contribution in [2.75, 3.05) is 25.5 Å². The summed E-state index contributed by atoms with van der Waals surface area (Å²) in [6, 6.07) is 3.79. The summed E-state index contributed by atoms with van der Waals surface area (Å²) in [7, 11) is 2.08. The number of likely N-dealkylation sites (tertiary alicyclic amines) is 1. The molecule has 0 aromatic carbocycles. The molecule has 0 unspecified atom stereocenters. The van der Waals surface area contributed by atoms with Gasteiger partial charge in [0.2, 0.25) is 5.91 Å².